The third-order valence-corrected chi connectivity index (χ3v) is 4.23. The fourth-order valence-corrected chi connectivity index (χ4v) is 2.55. The molecule has 11 heteroatoms. The highest BCUT2D eigenvalue weighted by molar-refractivity contribution is 6.31. The van der Waals surface area contributed by atoms with Crippen LogP contribution in [0.1, 0.15) is 12.5 Å². The minimum absolute atomic E-state index is 0.118. The molecule has 0 spiro atoms. The number of hydrogen-bond acceptors (Lipinski definition) is 4. The molecule has 0 aromatic heterocycles. The molecular formula is C19H17ClF4N2O4. The summed E-state index contributed by atoms with van der Waals surface area (Å²) in [6.07, 6.45) is -4.77. The van der Waals surface area contributed by atoms with E-state index in [0.717, 1.165) is 23.8 Å². The van der Waals surface area contributed by atoms with E-state index in [-0.39, 0.29) is 16.5 Å². The second kappa shape index (κ2) is 9.21. The van der Waals surface area contributed by atoms with Crippen molar-refractivity contribution in [3.63, 3.8) is 0 Å². The van der Waals surface area contributed by atoms with E-state index in [0.29, 0.717) is 13.5 Å². The van der Waals surface area contributed by atoms with Gasteiger partial charge in [0.15, 0.2) is 0 Å². The first-order chi connectivity index (χ1) is 14.0. The molecule has 2 N–H and O–H groups in total. The van der Waals surface area contributed by atoms with Gasteiger partial charge in [-0.15, -0.1) is 0 Å². The summed E-state index contributed by atoms with van der Waals surface area (Å²) < 4.78 is 64.1. The molecule has 2 rings (SSSR count). The van der Waals surface area contributed by atoms with Crippen LogP contribution in [0.15, 0.2) is 42.5 Å². The number of nitrogens with one attached hydrogen (secondary N) is 2. The molecule has 162 valence electrons. The van der Waals surface area contributed by atoms with Gasteiger partial charge in [-0.2, -0.15) is 13.2 Å². The van der Waals surface area contributed by atoms with Gasteiger partial charge in [-0.25, -0.2) is 14.0 Å². The molecule has 6 nitrogen and oxygen atoms in total. The third-order valence-electron chi connectivity index (χ3n) is 3.94. The molecule has 30 heavy (non-hydrogen) atoms. The molecule has 0 saturated heterocycles. The predicted molar refractivity (Wildman–Crippen MR) is 101 cm³/mol. The van der Waals surface area contributed by atoms with Crippen molar-refractivity contribution >= 4 is 29.3 Å². The minimum atomic E-state index is -5.40. The molecule has 0 radical (unpaired) electrons. The lowest BCUT2D eigenvalue weighted by Gasteiger charge is -2.33. The molecule has 0 saturated carbocycles. The maximum absolute atomic E-state index is 13.9. The number of alkyl halides is 3. The summed E-state index contributed by atoms with van der Waals surface area (Å²) >= 11 is 5.58. The Morgan fingerprint density at radius 3 is 2.23 bits per heavy atom. The molecule has 0 heterocycles. The molecule has 0 aliphatic carbocycles. The Morgan fingerprint density at radius 2 is 1.73 bits per heavy atom. The van der Waals surface area contributed by atoms with Crippen LogP contribution in [-0.2, 0) is 16.0 Å². The van der Waals surface area contributed by atoms with Gasteiger partial charge in [0.2, 0.25) is 0 Å². The number of amides is 2. The number of carbonyl (C=O) groups is 2. The van der Waals surface area contributed by atoms with Crippen molar-refractivity contribution in [2.24, 2.45) is 0 Å². The molecule has 0 fully saturated rings. The molecule has 1 atom stereocenters. The zero-order valence-electron chi connectivity index (χ0n) is 15.8. The molecule has 2 amide bonds. The largest absolute Gasteiger partial charge is 0.464 e. The number of aryl methyl sites for hydroxylation is 1. The molecule has 0 aliphatic rings. The highest BCUT2D eigenvalue weighted by Gasteiger charge is 2.66. The van der Waals surface area contributed by atoms with E-state index >= 15 is 0 Å². The first kappa shape index (κ1) is 23.3. The standard InChI is InChI=1S/C19H17ClF4N2O4/c1-3-11-4-7-13(8-5-11)30-18(16(27)29-2,19(22,23)24)26-17(28)25-12-6-9-15(21)14(20)10-12/h4-10H,3H2,1-2H3,(H2,25,26,28). The Hall–Kier alpha value is -3.01. The van der Waals surface area contributed by atoms with Gasteiger partial charge in [0.05, 0.1) is 12.1 Å². The van der Waals surface area contributed by atoms with Crippen LogP contribution in [0.4, 0.5) is 28.0 Å². The zero-order valence-corrected chi connectivity index (χ0v) is 16.5. The van der Waals surface area contributed by atoms with E-state index in [2.05, 4.69) is 4.74 Å². The second-order valence-corrected chi connectivity index (χ2v) is 6.39. The number of halogens is 5. The topological polar surface area (TPSA) is 76.7 Å². The maximum Gasteiger partial charge on any atom is 0.460 e. The summed E-state index contributed by atoms with van der Waals surface area (Å²) in [5, 5.41) is 3.14. The molecule has 2 aromatic carbocycles. The summed E-state index contributed by atoms with van der Waals surface area (Å²) in [5.74, 6) is -3.03. The van der Waals surface area contributed by atoms with Crippen LogP contribution in [0.2, 0.25) is 5.02 Å². The average Bonchev–Trinajstić information content (AvgIpc) is 2.69. The van der Waals surface area contributed by atoms with Crippen LogP contribution in [0, 0.1) is 5.82 Å². The van der Waals surface area contributed by atoms with Crippen molar-refractivity contribution in [3.05, 3.63) is 58.9 Å². The number of hydrogen-bond donors (Lipinski definition) is 2. The van der Waals surface area contributed by atoms with Crippen molar-refractivity contribution in [2.45, 2.75) is 25.2 Å². The normalized spacial score (nSPS) is 13.2. The molecule has 0 aliphatic heterocycles. The van der Waals surface area contributed by atoms with E-state index in [1.54, 1.807) is 0 Å². The van der Waals surface area contributed by atoms with Gasteiger partial charge in [0, 0.05) is 5.69 Å². The van der Waals surface area contributed by atoms with E-state index in [9.17, 15) is 27.2 Å². The fourth-order valence-electron chi connectivity index (χ4n) is 2.37. The Labute approximate surface area is 174 Å². The van der Waals surface area contributed by atoms with E-state index in [1.807, 2.05) is 12.2 Å². The summed E-state index contributed by atoms with van der Waals surface area (Å²) in [7, 11) is 0.714. The quantitative estimate of drug-likeness (QED) is 0.382. The van der Waals surface area contributed by atoms with E-state index in [1.165, 1.54) is 29.6 Å². The highest BCUT2D eigenvalue weighted by atomic mass is 35.5. The molecule has 0 bridgehead atoms. The lowest BCUT2D eigenvalue weighted by Crippen LogP contribution is -2.68. The Balaban J connectivity index is 2.36. The fraction of sp³-hybridized carbons (Fsp3) is 0.263. The molecular weight excluding hydrogens is 432 g/mol. The molecule has 1 unspecified atom stereocenters. The van der Waals surface area contributed by atoms with E-state index < -0.39 is 29.7 Å². The number of ether oxygens (including phenoxy) is 2. The van der Waals surface area contributed by atoms with Crippen LogP contribution >= 0.6 is 11.6 Å². The lowest BCUT2D eigenvalue weighted by atomic mass is 10.1. The number of anilines is 1. The van der Waals surface area contributed by atoms with Crippen molar-refractivity contribution in [2.75, 3.05) is 12.4 Å². The summed E-state index contributed by atoms with van der Waals surface area (Å²) in [4.78, 5) is 24.3. The number of carbonyl (C=O) groups excluding carboxylic acids is 2. The van der Waals surface area contributed by atoms with Crippen molar-refractivity contribution in [1.82, 2.24) is 5.32 Å². The Kier molecular flexibility index (Phi) is 7.14. The third kappa shape index (κ3) is 5.12. The first-order valence-electron chi connectivity index (χ1n) is 8.49. The molecule has 2 aromatic rings. The van der Waals surface area contributed by atoms with Gasteiger partial charge in [0.1, 0.15) is 11.6 Å². The van der Waals surface area contributed by atoms with Crippen LogP contribution in [0.25, 0.3) is 0 Å². The summed E-state index contributed by atoms with van der Waals surface area (Å²) in [6.45, 7) is 1.85. The smallest absolute Gasteiger partial charge is 0.460 e. The second-order valence-electron chi connectivity index (χ2n) is 5.98. The monoisotopic (exact) mass is 448 g/mol. The number of rotatable bonds is 6. The lowest BCUT2D eigenvalue weighted by molar-refractivity contribution is -0.258. The highest BCUT2D eigenvalue weighted by Crippen LogP contribution is 2.34. The van der Waals surface area contributed by atoms with Gasteiger partial charge in [-0.3, -0.25) is 5.32 Å². The number of urea groups is 1. The van der Waals surface area contributed by atoms with Gasteiger partial charge < -0.3 is 14.8 Å². The van der Waals surface area contributed by atoms with E-state index in [4.69, 9.17) is 16.3 Å². The average molecular weight is 449 g/mol. The zero-order chi connectivity index (χ0) is 22.5. The predicted octanol–water partition coefficient (Wildman–Crippen LogP) is 4.67. The summed E-state index contributed by atoms with van der Waals surface area (Å²) in [5.41, 5.74) is -3.15. The van der Waals surface area contributed by atoms with Crippen LogP contribution in [-0.4, -0.2) is 31.0 Å². The Morgan fingerprint density at radius 1 is 1.10 bits per heavy atom. The van der Waals surface area contributed by atoms with Crippen molar-refractivity contribution in [1.29, 1.82) is 0 Å². The Bertz CT molecular complexity index is 922. The van der Waals surface area contributed by atoms with Gasteiger partial charge in [-0.1, -0.05) is 30.7 Å². The van der Waals surface area contributed by atoms with Crippen LogP contribution < -0.4 is 15.4 Å². The minimum Gasteiger partial charge on any atom is -0.464 e. The van der Waals surface area contributed by atoms with Gasteiger partial charge in [-0.05, 0) is 42.3 Å². The maximum atomic E-state index is 13.9. The number of benzene rings is 2. The SMILES string of the molecule is CCc1ccc(OC(NC(=O)Nc2ccc(F)c(Cl)c2)(C(=O)OC)C(F)(F)F)cc1. The van der Waals surface area contributed by atoms with Gasteiger partial charge >= 0.3 is 23.9 Å². The van der Waals surface area contributed by atoms with Gasteiger partial charge in [0.25, 0.3) is 0 Å². The summed E-state index contributed by atoms with van der Waals surface area (Å²) in [6, 6.07) is 6.95. The first-order valence-corrected chi connectivity index (χ1v) is 8.87. The van der Waals surface area contributed by atoms with Crippen molar-refractivity contribution in [3.8, 4) is 5.75 Å². The number of esters is 1. The van der Waals surface area contributed by atoms with Crippen LogP contribution in [0.3, 0.4) is 0 Å². The number of methoxy groups -OCH3 is 1. The van der Waals surface area contributed by atoms with Crippen molar-refractivity contribution < 1.29 is 36.6 Å². The van der Waals surface area contributed by atoms with Crippen LogP contribution in [0.5, 0.6) is 5.75 Å².